The summed E-state index contributed by atoms with van der Waals surface area (Å²) in [6, 6.07) is 11.3. The highest BCUT2D eigenvalue weighted by molar-refractivity contribution is 5.97. The van der Waals surface area contributed by atoms with Crippen LogP contribution in [-0.4, -0.2) is 70.6 Å². The standard InChI is InChI=1S/C29H35N3O4/c1-20-17-32(21(2)19-33)29(35)25-15-23(12-7-11-22-9-5-4-6-10-22)16-30-27(25)36-26(20)18-31(3)28(34)24-13-8-14-24/h4-6,9-10,15-16,20-21,24,26,33H,8,11,13-14,17-19H2,1-3H3/t20-,21+,26+/m1/s1. The summed E-state index contributed by atoms with van der Waals surface area (Å²) >= 11 is 0. The first kappa shape index (κ1) is 25.7. The van der Waals surface area contributed by atoms with Gasteiger partial charge in [-0.25, -0.2) is 4.98 Å². The van der Waals surface area contributed by atoms with Gasteiger partial charge in [0.1, 0.15) is 11.7 Å². The Kier molecular flexibility index (Phi) is 8.27. The van der Waals surface area contributed by atoms with Crippen LogP contribution in [0, 0.1) is 23.7 Å². The van der Waals surface area contributed by atoms with E-state index in [4.69, 9.17) is 4.74 Å². The topological polar surface area (TPSA) is 83.0 Å². The third kappa shape index (κ3) is 5.88. The number of amides is 2. The molecule has 1 aromatic heterocycles. The summed E-state index contributed by atoms with van der Waals surface area (Å²) in [4.78, 5) is 34.2. The lowest BCUT2D eigenvalue weighted by Crippen LogP contribution is -2.51. The number of aliphatic hydroxyl groups excluding tert-OH is 1. The summed E-state index contributed by atoms with van der Waals surface area (Å²) in [5.41, 5.74) is 2.07. The van der Waals surface area contributed by atoms with E-state index in [1.54, 1.807) is 22.1 Å². The largest absolute Gasteiger partial charge is 0.472 e. The Balaban J connectivity index is 1.60. The van der Waals surface area contributed by atoms with Crippen LogP contribution in [-0.2, 0) is 11.2 Å². The van der Waals surface area contributed by atoms with E-state index in [1.165, 1.54) is 0 Å². The minimum atomic E-state index is -0.367. The van der Waals surface area contributed by atoms with Crippen molar-refractivity contribution in [2.45, 2.75) is 51.7 Å². The van der Waals surface area contributed by atoms with Gasteiger partial charge in [0.2, 0.25) is 11.8 Å². The smallest absolute Gasteiger partial charge is 0.259 e. The average Bonchev–Trinajstić information content (AvgIpc) is 2.85. The van der Waals surface area contributed by atoms with Crippen molar-refractivity contribution in [3.63, 3.8) is 0 Å². The van der Waals surface area contributed by atoms with Crippen LogP contribution in [0.2, 0.25) is 0 Å². The maximum atomic E-state index is 13.5. The van der Waals surface area contributed by atoms with Gasteiger partial charge in [-0.2, -0.15) is 0 Å². The van der Waals surface area contributed by atoms with E-state index in [0.29, 0.717) is 30.6 Å². The number of hydrogen-bond donors (Lipinski definition) is 1. The third-order valence-electron chi connectivity index (χ3n) is 7.17. The fourth-order valence-electron chi connectivity index (χ4n) is 4.56. The first-order valence-corrected chi connectivity index (χ1v) is 12.7. The monoisotopic (exact) mass is 489 g/mol. The number of nitrogens with zero attached hydrogens (tertiary/aromatic N) is 3. The van der Waals surface area contributed by atoms with Gasteiger partial charge in [-0.05, 0) is 31.4 Å². The number of ether oxygens (including phenoxy) is 1. The first-order valence-electron chi connectivity index (χ1n) is 12.7. The predicted octanol–water partition coefficient (Wildman–Crippen LogP) is 3.15. The summed E-state index contributed by atoms with van der Waals surface area (Å²) in [6.07, 6.45) is 4.86. The number of likely N-dealkylation sites (N-methyl/N-ethyl adjacent to an activating group) is 1. The number of aliphatic hydroxyl groups is 1. The van der Waals surface area contributed by atoms with Gasteiger partial charge < -0.3 is 19.6 Å². The molecule has 2 heterocycles. The van der Waals surface area contributed by atoms with Crippen molar-refractivity contribution in [2.24, 2.45) is 11.8 Å². The number of benzene rings is 1. The quantitative estimate of drug-likeness (QED) is 0.631. The Morgan fingerprint density at radius 1 is 1.31 bits per heavy atom. The highest BCUT2D eigenvalue weighted by Gasteiger charge is 2.36. The minimum absolute atomic E-state index is 0.0696. The van der Waals surface area contributed by atoms with E-state index in [2.05, 4.69) is 16.8 Å². The molecule has 1 aliphatic carbocycles. The molecule has 1 N–H and O–H groups in total. The number of aromatic nitrogens is 1. The molecule has 0 saturated heterocycles. The van der Waals surface area contributed by atoms with E-state index < -0.39 is 0 Å². The van der Waals surface area contributed by atoms with Crippen LogP contribution in [0.25, 0.3) is 0 Å². The van der Waals surface area contributed by atoms with E-state index in [-0.39, 0.29) is 48.3 Å². The number of pyridine rings is 1. The molecular weight excluding hydrogens is 454 g/mol. The Morgan fingerprint density at radius 3 is 2.72 bits per heavy atom. The Morgan fingerprint density at radius 2 is 2.06 bits per heavy atom. The minimum Gasteiger partial charge on any atom is -0.472 e. The fraction of sp³-hybridized carbons (Fsp3) is 0.483. The van der Waals surface area contributed by atoms with Crippen LogP contribution >= 0.6 is 0 Å². The molecule has 190 valence electrons. The van der Waals surface area contributed by atoms with Gasteiger partial charge in [-0.1, -0.05) is 55.5 Å². The molecule has 36 heavy (non-hydrogen) atoms. The van der Waals surface area contributed by atoms with Crippen molar-refractivity contribution in [3.05, 3.63) is 59.3 Å². The van der Waals surface area contributed by atoms with Crippen molar-refractivity contribution in [3.8, 4) is 17.7 Å². The second kappa shape index (κ2) is 11.6. The van der Waals surface area contributed by atoms with Crippen molar-refractivity contribution in [2.75, 3.05) is 26.7 Å². The molecule has 4 rings (SSSR count). The maximum absolute atomic E-state index is 13.5. The summed E-state index contributed by atoms with van der Waals surface area (Å²) in [7, 11) is 1.81. The van der Waals surface area contributed by atoms with Crippen LogP contribution in [0.1, 0.15) is 54.6 Å². The molecule has 7 heteroatoms. The molecule has 0 radical (unpaired) electrons. The van der Waals surface area contributed by atoms with E-state index in [0.717, 1.165) is 24.8 Å². The molecule has 2 aliphatic rings. The SMILES string of the molecule is C[C@@H]1CN([C@@H](C)CO)C(=O)c2cc(C#CCc3ccccc3)cnc2O[C@H]1CN(C)C(=O)C1CCC1. The molecule has 0 unspecified atom stereocenters. The summed E-state index contributed by atoms with van der Waals surface area (Å²) in [5.74, 6) is 6.44. The van der Waals surface area contributed by atoms with Gasteiger partial charge in [0.05, 0.1) is 19.2 Å². The number of carbonyl (C=O) groups is 2. The molecule has 0 spiro atoms. The van der Waals surface area contributed by atoms with Gasteiger partial charge in [-0.15, -0.1) is 0 Å². The average molecular weight is 490 g/mol. The third-order valence-corrected chi connectivity index (χ3v) is 7.17. The first-order chi connectivity index (χ1) is 17.4. The number of hydrogen-bond acceptors (Lipinski definition) is 5. The molecule has 1 aromatic carbocycles. The number of fused-ring (bicyclic) bond motifs is 1. The van der Waals surface area contributed by atoms with Crippen molar-refractivity contribution < 1.29 is 19.4 Å². The maximum Gasteiger partial charge on any atom is 0.259 e. The van der Waals surface area contributed by atoms with E-state index in [1.807, 2.05) is 51.2 Å². The van der Waals surface area contributed by atoms with Gasteiger partial charge in [0.15, 0.2) is 0 Å². The fourth-order valence-corrected chi connectivity index (χ4v) is 4.56. The lowest BCUT2D eigenvalue weighted by Gasteiger charge is -2.38. The highest BCUT2D eigenvalue weighted by atomic mass is 16.5. The molecule has 2 amide bonds. The molecule has 1 aliphatic heterocycles. The Bertz CT molecular complexity index is 1140. The molecule has 7 nitrogen and oxygen atoms in total. The van der Waals surface area contributed by atoms with E-state index in [9.17, 15) is 14.7 Å². The molecule has 1 saturated carbocycles. The zero-order valence-electron chi connectivity index (χ0n) is 21.3. The highest BCUT2D eigenvalue weighted by Crippen LogP contribution is 2.30. The lowest BCUT2D eigenvalue weighted by molar-refractivity contribution is -0.138. The van der Waals surface area contributed by atoms with E-state index >= 15 is 0 Å². The summed E-state index contributed by atoms with van der Waals surface area (Å²) in [6.45, 7) is 4.49. The number of rotatable bonds is 6. The predicted molar refractivity (Wildman–Crippen MR) is 137 cm³/mol. The summed E-state index contributed by atoms with van der Waals surface area (Å²) < 4.78 is 6.30. The van der Waals surface area contributed by atoms with Crippen LogP contribution in [0.3, 0.4) is 0 Å². The van der Waals surface area contributed by atoms with Crippen molar-refractivity contribution >= 4 is 11.8 Å². The lowest BCUT2D eigenvalue weighted by atomic mass is 9.84. The Labute approximate surface area is 213 Å². The number of carbonyl (C=O) groups excluding carboxylic acids is 2. The van der Waals surface area contributed by atoms with Crippen LogP contribution in [0.15, 0.2) is 42.6 Å². The van der Waals surface area contributed by atoms with Crippen molar-refractivity contribution in [1.82, 2.24) is 14.8 Å². The van der Waals surface area contributed by atoms with Crippen LogP contribution < -0.4 is 4.74 Å². The second-order valence-corrected chi connectivity index (χ2v) is 10.0. The van der Waals surface area contributed by atoms with Gasteiger partial charge in [0.25, 0.3) is 5.91 Å². The van der Waals surface area contributed by atoms with Crippen molar-refractivity contribution in [1.29, 1.82) is 0 Å². The van der Waals surface area contributed by atoms with Gasteiger partial charge in [0, 0.05) is 43.6 Å². The van der Waals surface area contributed by atoms with Gasteiger partial charge >= 0.3 is 0 Å². The second-order valence-electron chi connectivity index (χ2n) is 10.0. The Hall–Kier alpha value is -3.37. The summed E-state index contributed by atoms with van der Waals surface area (Å²) in [5, 5.41) is 9.84. The molecule has 3 atom stereocenters. The zero-order valence-corrected chi connectivity index (χ0v) is 21.3. The zero-order chi connectivity index (χ0) is 25.7. The van der Waals surface area contributed by atoms with Crippen LogP contribution in [0.4, 0.5) is 0 Å². The molecule has 2 aromatic rings. The normalized spacial score (nSPS) is 20.6. The van der Waals surface area contributed by atoms with Gasteiger partial charge in [-0.3, -0.25) is 9.59 Å². The van der Waals surface area contributed by atoms with Crippen LogP contribution in [0.5, 0.6) is 5.88 Å². The molecule has 0 bridgehead atoms. The molecular formula is C29H35N3O4. The molecule has 1 fully saturated rings.